The summed E-state index contributed by atoms with van der Waals surface area (Å²) in [6.45, 7) is 7.58. The minimum atomic E-state index is -0.725. The Kier molecular flexibility index (Phi) is 49.4. The topological polar surface area (TPSA) is 72.5 Å². The Morgan fingerprint density at radius 2 is 1.26 bits per heavy atom. The number of ether oxygens (including phenoxy) is 1. The zero-order chi connectivity index (χ0) is 26.0. The van der Waals surface area contributed by atoms with Gasteiger partial charge in [-0.1, -0.05) is 116 Å². The van der Waals surface area contributed by atoms with Crippen molar-refractivity contribution in [1.82, 2.24) is 0 Å². The zero-order valence-corrected chi connectivity index (χ0v) is 28.6. The second-order valence-corrected chi connectivity index (χ2v) is 10.7. The molecule has 0 aliphatic heterocycles. The Hall–Kier alpha value is 1.31. The first-order valence-corrected chi connectivity index (χ1v) is 22.6. The standard InChI is InChI=1S/C6H11I.C6H12O.C6H11.C5H11NO2.C2H6.3CH4.HI.Zn/c2*7-6-4-2-1-3-5-6;1-2-4-6-5-3-1;1-5(2,3)8-4(6)7;1-2;;;;;/h6H,1-5H2;6-7H,1-5H2;1H,2-6H2;1-3H3,(H2,6,7);1-2H3;3*1H4;1H;/q;;-1;;;;;;;+2/p-1/i;;;;1D;;;;;. The quantitative estimate of drug-likeness (QED) is 0.111. The van der Waals surface area contributed by atoms with Crippen molar-refractivity contribution in [3.63, 3.8) is 0 Å². The molecule has 0 radical (unpaired) electrons. The van der Waals surface area contributed by atoms with Gasteiger partial charge in [-0.3, -0.25) is 0 Å². The average molecular weight is 782 g/mol. The molecule has 0 bridgehead atoms. The van der Waals surface area contributed by atoms with E-state index in [1.54, 1.807) is 27.7 Å². The first kappa shape index (κ1) is 46.2. The summed E-state index contributed by atoms with van der Waals surface area (Å²) < 4.78 is 11.8. The predicted octanol–water partition coefficient (Wildman–Crippen LogP) is 10.9. The van der Waals surface area contributed by atoms with Crippen LogP contribution in [0.2, 0.25) is 0 Å². The number of amides is 1. The van der Waals surface area contributed by atoms with E-state index >= 15 is 0 Å². The molecule has 0 heterocycles. The van der Waals surface area contributed by atoms with Crippen LogP contribution in [0.15, 0.2) is 0 Å². The van der Waals surface area contributed by atoms with Gasteiger partial charge < -0.3 is 22.0 Å². The van der Waals surface area contributed by atoms with Crippen LogP contribution in [0, 0.1) is 6.42 Å². The van der Waals surface area contributed by atoms with Crippen LogP contribution in [0.5, 0.6) is 0 Å². The van der Waals surface area contributed by atoms with Crippen molar-refractivity contribution < 1.29 is 30.8 Å². The third kappa shape index (κ3) is 48.9. The van der Waals surface area contributed by atoms with Crippen LogP contribution in [-0.2, 0) is 19.5 Å². The van der Waals surface area contributed by atoms with Crippen LogP contribution < -0.4 is 5.73 Å². The van der Waals surface area contributed by atoms with Gasteiger partial charge in [-0.05, 0) is 46.5 Å². The fraction of sp³-hybridized carbons (Fsp3) is 0.929. The van der Waals surface area contributed by atoms with E-state index in [-0.39, 0.29) is 28.4 Å². The van der Waals surface area contributed by atoms with Gasteiger partial charge in [0, 0.05) is 5.30 Å². The molecule has 3 rings (SSSR count). The molecule has 3 aliphatic carbocycles. The summed E-state index contributed by atoms with van der Waals surface area (Å²) in [5.41, 5.74) is 4.26. The van der Waals surface area contributed by atoms with E-state index in [2.05, 4.69) is 53.5 Å². The molecule has 4 nitrogen and oxygen atoms in total. The average Bonchev–Trinajstić information content (AvgIpc) is 2.78. The summed E-state index contributed by atoms with van der Waals surface area (Å²) in [7, 11) is 0. The van der Waals surface area contributed by atoms with Crippen molar-refractivity contribution >= 4 is 48.4 Å². The van der Waals surface area contributed by atoms with Crippen molar-refractivity contribution in [3.05, 3.63) is 6.42 Å². The van der Waals surface area contributed by atoms with Crippen LogP contribution >= 0.6 is 42.3 Å². The van der Waals surface area contributed by atoms with Gasteiger partial charge in [0.05, 0.1) is 6.10 Å². The molecule has 3 aliphatic rings. The number of aliphatic hydroxyl groups is 1. The van der Waals surface area contributed by atoms with E-state index < -0.39 is 11.7 Å². The fourth-order valence-electron chi connectivity index (χ4n) is 3.33. The predicted molar refractivity (Wildman–Crippen MR) is 173 cm³/mol. The van der Waals surface area contributed by atoms with Crippen molar-refractivity contribution in [1.29, 1.82) is 0 Å². The van der Waals surface area contributed by atoms with Crippen molar-refractivity contribution in [2.75, 3.05) is 0 Å². The van der Waals surface area contributed by atoms with Crippen LogP contribution in [-0.4, -0.2) is 26.8 Å². The summed E-state index contributed by atoms with van der Waals surface area (Å²) in [6, 6.07) is 0. The molecule has 35 heavy (non-hydrogen) atoms. The van der Waals surface area contributed by atoms with Crippen LogP contribution in [0.4, 0.5) is 4.79 Å². The van der Waals surface area contributed by atoms with Gasteiger partial charge in [0.2, 0.25) is 0 Å². The SMILES string of the molecule is C.C.C.CC(C)(C)OC(N)=O.IC1CCCCC1.OC1CCCCC1.[2H]CC.[CH-]1CCCCC1.[Zn+][I]. The Morgan fingerprint density at radius 1 is 0.914 bits per heavy atom. The summed E-state index contributed by atoms with van der Waals surface area (Å²) in [6.07, 6.45) is 22.1. The van der Waals surface area contributed by atoms with E-state index in [0.29, 0.717) is 6.90 Å². The van der Waals surface area contributed by atoms with Crippen molar-refractivity contribution in [3.8, 4) is 0 Å². The molecule has 0 aromatic heterocycles. The van der Waals surface area contributed by atoms with Gasteiger partial charge >= 0.3 is 40.6 Å². The number of carbonyl (C=O) groups is 1. The zero-order valence-electron chi connectivity index (χ0n) is 22.3. The number of primary amides is 1. The normalized spacial score (nSPS) is 17.5. The molecule has 3 fully saturated rings. The fourth-order valence-corrected chi connectivity index (χ4v) is 4.21. The molecule has 3 N–H and O–H groups in total. The molecule has 0 unspecified atom stereocenters. The van der Waals surface area contributed by atoms with E-state index in [1.807, 2.05) is 0 Å². The molecule has 214 valence electrons. The van der Waals surface area contributed by atoms with Crippen LogP contribution in [0.1, 0.15) is 155 Å². The van der Waals surface area contributed by atoms with E-state index in [1.165, 1.54) is 98.3 Å². The number of hydrogen-bond donors (Lipinski definition) is 2. The van der Waals surface area contributed by atoms with Crippen molar-refractivity contribution in [2.45, 2.75) is 169 Å². The summed E-state index contributed by atoms with van der Waals surface area (Å²) >= 11 is 6.18. The second kappa shape index (κ2) is 37.5. The van der Waals surface area contributed by atoms with Gasteiger partial charge in [0.25, 0.3) is 0 Å². The summed E-state index contributed by atoms with van der Waals surface area (Å²) in [5.74, 6) is 0. The molecule has 3 saturated carbocycles. The number of halogens is 2. The molecule has 0 saturated heterocycles. The Balaban J connectivity index is -0.0000000767. The number of rotatable bonds is 0. The molecule has 7 heteroatoms. The first-order chi connectivity index (χ1) is 15.6. The second-order valence-electron chi connectivity index (χ2n) is 8.99. The number of carbonyl (C=O) groups excluding carboxylic acids is 1. The van der Waals surface area contributed by atoms with Crippen LogP contribution in [0.25, 0.3) is 0 Å². The first-order valence-electron chi connectivity index (χ1n) is 13.0. The van der Waals surface area contributed by atoms with Gasteiger partial charge in [-0.2, -0.15) is 12.8 Å². The molecule has 0 spiro atoms. The summed E-state index contributed by atoms with van der Waals surface area (Å²) in [4.78, 5) is 10.0. The molecular formula is C28H63I2NO3Zn. The number of nitrogens with two attached hydrogens (primary N) is 1. The van der Waals surface area contributed by atoms with E-state index in [4.69, 9.17) is 12.2 Å². The van der Waals surface area contributed by atoms with E-state index in [0.717, 1.165) is 16.8 Å². The maximum absolute atomic E-state index is 10.0. The number of aliphatic hydroxyl groups excluding tert-OH is 1. The number of alkyl halides is 1. The molecular weight excluding hydrogens is 718 g/mol. The minimum absolute atomic E-state index is 0. The Labute approximate surface area is 258 Å². The third-order valence-corrected chi connectivity index (χ3v) is 6.08. The Morgan fingerprint density at radius 3 is 1.37 bits per heavy atom. The molecule has 1 amide bonds. The Bertz CT molecular complexity index is 360. The third-order valence-electron chi connectivity index (χ3n) is 4.83. The van der Waals surface area contributed by atoms with Gasteiger partial charge in [-0.25, -0.2) is 4.79 Å². The number of hydrogen-bond acceptors (Lipinski definition) is 3. The van der Waals surface area contributed by atoms with E-state index in [9.17, 15) is 4.79 Å². The monoisotopic (exact) mass is 780 g/mol. The van der Waals surface area contributed by atoms with Gasteiger partial charge in [0.15, 0.2) is 0 Å². The molecule has 0 aromatic carbocycles. The summed E-state index contributed by atoms with van der Waals surface area (Å²) in [5, 5.41) is 8.91. The van der Waals surface area contributed by atoms with Gasteiger partial charge in [-0.15, -0.1) is 0 Å². The van der Waals surface area contributed by atoms with Gasteiger partial charge in [0.1, 0.15) is 5.60 Å². The van der Waals surface area contributed by atoms with Crippen molar-refractivity contribution in [2.24, 2.45) is 5.73 Å². The maximum atomic E-state index is 10.0. The molecule has 0 aromatic rings. The molecule has 0 atom stereocenters. The van der Waals surface area contributed by atoms with Crippen LogP contribution in [0.3, 0.4) is 0 Å².